The molecule has 0 fully saturated rings. The number of imidazole rings is 1. The molecule has 0 aliphatic heterocycles. The molecule has 0 saturated carbocycles. The number of pyridine rings is 1. The molecule has 2 heterocycles. The number of carbonyl (C=O) groups excluding carboxylic acids is 1. The minimum absolute atomic E-state index is 0.105. The number of hydrogen-bond acceptors (Lipinski definition) is 5. The quantitative estimate of drug-likeness (QED) is 0.210. The third-order valence-electron chi connectivity index (χ3n) is 6.59. The maximum absolute atomic E-state index is 12.8. The van der Waals surface area contributed by atoms with E-state index in [1.807, 2.05) is 25.1 Å². The fourth-order valence-electron chi connectivity index (χ4n) is 5.19. The highest BCUT2D eigenvalue weighted by Gasteiger charge is 2.28. The number of methoxy groups -OCH3 is 1. The van der Waals surface area contributed by atoms with E-state index >= 15 is 0 Å². The van der Waals surface area contributed by atoms with Gasteiger partial charge >= 0.3 is 5.97 Å². The molecule has 0 saturated heterocycles. The molecule has 2 aromatic heterocycles. The van der Waals surface area contributed by atoms with Gasteiger partial charge in [-0.05, 0) is 81.3 Å². The first-order valence-corrected chi connectivity index (χ1v) is 13.5. The van der Waals surface area contributed by atoms with Crippen molar-refractivity contribution in [2.75, 3.05) is 12.4 Å². The van der Waals surface area contributed by atoms with E-state index in [-0.39, 0.29) is 22.8 Å². The first-order valence-electron chi connectivity index (χ1n) is 13.5. The van der Waals surface area contributed by atoms with E-state index in [0.717, 1.165) is 60.4 Å². The summed E-state index contributed by atoms with van der Waals surface area (Å²) in [6, 6.07) is 9.85. The Morgan fingerprint density at radius 2 is 1.81 bits per heavy atom. The number of ether oxygens (including phenoxy) is 2. The topological polar surface area (TPSA) is 64.9 Å². The molecular formula is C31H45N3O3. The number of rotatable bonds is 11. The second-order valence-electron chi connectivity index (χ2n) is 12.0. The third kappa shape index (κ3) is 7.27. The molecule has 1 N–H and O–H groups in total. The Morgan fingerprint density at radius 1 is 1.08 bits per heavy atom. The van der Waals surface area contributed by atoms with Crippen molar-refractivity contribution >= 4 is 17.4 Å². The lowest BCUT2D eigenvalue weighted by atomic mass is 9.82. The van der Waals surface area contributed by atoms with Gasteiger partial charge in [0.05, 0.1) is 13.0 Å². The molecule has 0 bridgehead atoms. The number of aromatic nitrogens is 2. The van der Waals surface area contributed by atoms with Gasteiger partial charge in [-0.25, -0.2) is 4.98 Å². The van der Waals surface area contributed by atoms with Crippen molar-refractivity contribution in [3.8, 4) is 22.8 Å². The zero-order valence-corrected chi connectivity index (χ0v) is 24.2. The third-order valence-corrected chi connectivity index (χ3v) is 6.59. The van der Waals surface area contributed by atoms with Gasteiger partial charge in [-0.15, -0.1) is 0 Å². The van der Waals surface area contributed by atoms with Crippen LogP contribution in [-0.2, 0) is 4.79 Å². The molecule has 0 aliphatic carbocycles. The molecule has 0 aliphatic rings. The molecule has 6 heteroatoms. The largest absolute Gasteiger partial charge is 0.493 e. The van der Waals surface area contributed by atoms with Crippen LogP contribution >= 0.6 is 0 Å². The SMILES string of the molecule is CCCCC(CC)C(=O)Oc1ccc(-c2nc3cc(C)ccn3c2NC(C)(C)CC(C)(C)C)cc1OC. The summed E-state index contributed by atoms with van der Waals surface area (Å²) in [5.41, 5.74) is 3.75. The van der Waals surface area contributed by atoms with Crippen molar-refractivity contribution in [2.24, 2.45) is 11.3 Å². The summed E-state index contributed by atoms with van der Waals surface area (Å²) in [7, 11) is 1.60. The van der Waals surface area contributed by atoms with Gasteiger partial charge < -0.3 is 14.8 Å². The fourth-order valence-corrected chi connectivity index (χ4v) is 5.19. The molecule has 1 aromatic carbocycles. The van der Waals surface area contributed by atoms with Crippen LogP contribution in [0.25, 0.3) is 16.9 Å². The number of hydrogen-bond donors (Lipinski definition) is 1. The maximum atomic E-state index is 12.8. The lowest BCUT2D eigenvalue weighted by Crippen LogP contribution is -2.36. The number of nitrogens with zero attached hydrogens (tertiary/aromatic N) is 2. The van der Waals surface area contributed by atoms with Crippen molar-refractivity contribution in [2.45, 2.75) is 93.0 Å². The molecule has 0 radical (unpaired) electrons. The van der Waals surface area contributed by atoms with E-state index < -0.39 is 0 Å². The van der Waals surface area contributed by atoms with Crippen molar-refractivity contribution in [3.63, 3.8) is 0 Å². The first kappa shape index (κ1) is 28.5. The summed E-state index contributed by atoms with van der Waals surface area (Å²) in [6.07, 6.45) is 6.71. The number of nitrogens with one attached hydrogen (secondary N) is 1. The van der Waals surface area contributed by atoms with Crippen LogP contribution in [0, 0.1) is 18.3 Å². The minimum Gasteiger partial charge on any atom is -0.493 e. The second kappa shape index (κ2) is 11.6. The van der Waals surface area contributed by atoms with E-state index in [2.05, 4.69) is 76.5 Å². The predicted molar refractivity (Wildman–Crippen MR) is 153 cm³/mol. The summed E-state index contributed by atoms with van der Waals surface area (Å²) in [5, 5.41) is 3.79. The smallest absolute Gasteiger partial charge is 0.314 e. The van der Waals surface area contributed by atoms with Crippen LogP contribution in [0.4, 0.5) is 5.82 Å². The Balaban J connectivity index is 2.01. The van der Waals surface area contributed by atoms with Gasteiger partial charge in [0.2, 0.25) is 0 Å². The van der Waals surface area contributed by atoms with E-state index in [1.165, 1.54) is 0 Å². The van der Waals surface area contributed by atoms with Crippen LogP contribution in [-0.4, -0.2) is 28.0 Å². The molecular weight excluding hydrogens is 462 g/mol. The lowest BCUT2D eigenvalue weighted by molar-refractivity contribution is -0.139. The van der Waals surface area contributed by atoms with Gasteiger partial charge in [-0.2, -0.15) is 0 Å². The van der Waals surface area contributed by atoms with Crippen LogP contribution < -0.4 is 14.8 Å². The molecule has 1 unspecified atom stereocenters. The summed E-state index contributed by atoms with van der Waals surface area (Å²) >= 11 is 0. The molecule has 0 spiro atoms. The Labute approximate surface area is 222 Å². The molecule has 202 valence electrons. The van der Waals surface area contributed by atoms with Crippen molar-refractivity contribution in [3.05, 3.63) is 42.1 Å². The Kier molecular flexibility index (Phi) is 8.93. The minimum atomic E-state index is -0.198. The van der Waals surface area contributed by atoms with Crippen molar-refractivity contribution in [1.29, 1.82) is 0 Å². The van der Waals surface area contributed by atoms with Crippen molar-refractivity contribution in [1.82, 2.24) is 9.38 Å². The van der Waals surface area contributed by atoms with Gasteiger partial charge in [0, 0.05) is 17.3 Å². The van der Waals surface area contributed by atoms with Gasteiger partial charge in [0.15, 0.2) is 11.5 Å². The Hall–Kier alpha value is -3.02. The Bertz CT molecular complexity index is 1220. The number of esters is 1. The van der Waals surface area contributed by atoms with E-state index in [9.17, 15) is 4.79 Å². The van der Waals surface area contributed by atoms with Gasteiger partial charge in [0.1, 0.15) is 17.2 Å². The predicted octanol–water partition coefficient (Wildman–Crippen LogP) is 8.07. The summed E-state index contributed by atoms with van der Waals surface area (Å²) in [6.45, 7) is 17.4. The van der Waals surface area contributed by atoms with Gasteiger partial charge in [-0.3, -0.25) is 9.20 Å². The zero-order chi connectivity index (χ0) is 27.4. The zero-order valence-electron chi connectivity index (χ0n) is 24.2. The summed E-state index contributed by atoms with van der Waals surface area (Å²) in [5.74, 6) is 1.59. The number of benzene rings is 1. The highest BCUT2D eigenvalue weighted by Crippen LogP contribution is 2.38. The fraction of sp³-hybridized carbons (Fsp3) is 0.548. The molecule has 3 aromatic rings. The standard InChI is InChI=1S/C31H45N3O3/c1-10-12-13-22(11-2)29(35)37-24-15-14-23(19-25(24)36-9)27-28(33-31(7,8)20-30(4,5)6)34-17-16-21(3)18-26(34)32-27/h14-19,22,33H,10-13,20H2,1-9H3. The number of unbranched alkanes of at least 4 members (excludes halogenated alkanes) is 1. The highest BCUT2D eigenvalue weighted by atomic mass is 16.6. The molecule has 1 atom stereocenters. The number of aryl methyl sites for hydroxylation is 1. The first-order chi connectivity index (χ1) is 17.4. The van der Waals surface area contributed by atoms with Crippen LogP contribution in [0.2, 0.25) is 0 Å². The number of carbonyl (C=O) groups is 1. The van der Waals surface area contributed by atoms with E-state index in [1.54, 1.807) is 7.11 Å². The van der Waals surface area contributed by atoms with Crippen LogP contribution in [0.5, 0.6) is 11.5 Å². The van der Waals surface area contributed by atoms with Gasteiger partial charge in [0.25, 0.3) is 0 Å². The van der Waals surface area contributed by atoms with Crippen LogP contribution in [0.3, 0.4) is 0 Å². The molecule has 3 rings (SSSR count). The maximum Gasteiger partial charge on any atom is 0.314 e. The molecule has 6 nitrogen and oxygen atoms in total. The Morgan fingerprint density at radius 3 is 2.43 bits per heavy atom. The van der Waals surface area contributed by atoms with E-state index in [0.29, 0.717) is 11.5 Å². The van der Waals surface area contributed by atoms with E-state index in [4.69, 9.17) is 14.5 Å². The molecule has 0 amide bonds. The average Bonchev–Trinajstić information content (AvgIpc) is 3.14. The van der Waals surface area contributed by atoms with Crippen LogP contribution in [0.1, 0.15) is 86.1 Å². The number of anilines is 1. The average molecular weight is 508 g/mol. The molecule has 37 heavy (non-hydrogen) atoms. The van der Waals surface area contributed by atoms with Crippen LogP contribution in [0.15, 0.2) is 36.5 Å². The normalized spacial score (nSPS) is 13.0. The lowest BCUT2D eigenvalue weighted by Gasteiger charge is -2.34. The highest BCUT2D eigenvalue weighted by molar-refractivity contribution is 5.80. The number of fused-ring (bicyclic) bond motifs is 1. The van der Waals surface area contributed by atoms with Crippen molar-refractivity contribution < 1.29 is 14.3 Å². The second-order valence-corrected chi connectivity index (χ2v) is 12.0. The monoisotopic (exact) mass is 507 g/mol. The summed E-state index contributed by atoms with van der Waals surface area (Å²) in [4.78, 5) is 17.8. The van der Waals surface area contributed by atoms with Gasteiger partial charge in [-0.1, -0.05) is 47.5 Å². The summed E-state index contributed by atoms with van der Waals surface area (Å²) < 4.78 is 13.6.